The Bertz CT molecular complexity index is 1400. The Morgan fingerprint density at radius 1 is 0.900 bits per heavy atom. The number of nitrogens with zero attached hydrogens (tertiary/aromatic N) is 3. The van der Waals surface area contributed by atoms with Gasteiger partial charge in [0.1, 0.15) is 11.6 Å². The zero-order valence-electron chi connectivity index (χ0n) is 22.4. The summed E-state index contributed by atoms with van der Waals surface area (Å²) in [5, 5.41) is 10.7. The van der Waals surface area contributed by atoms with Gasteiger partial charge in [0, 0.05) is 29.5 Å². The molecule has 9 heteroatoms. The number of anilines is 2. The van der Waals surface area contributed by atoms with Crippen LogP contribution in [0.4, 0.5) is 11.4 Å². The molecule has 0 aliphatic carbocycles. The van der Waals surface area contributed by atoms with Crippen LogP contribution in [-0.2, 0) is 19.1 Å². The quantitative estimate of drug-likeness (QED) is 0.564. The Morgan fingerprint density at radius 2 is 1.52 bits per heavy atom. The summed E-state index contributed by atoms with van der Waals surface area (Å²) < 4.78 is 6.97. The number of halogens is 1. The summed E-state index contributed by atoms with van der Waals surface area (Å²) in [6, 6.07) is 14.6. The third-order valence-corrected chi connectivity index (χ3v) is 9.07. The molecule has 1 unspecified atom stereocenters. The minimum absolute atomic E-state index is 0.217. The van der Waals surface area contributed by atoms with Gasteiger partial charge in [-0.1, -0.05) is 61.0 Å². The summed E-state index contributed by atoms with van der Waals surface area (Å²) in [6.45, 7) is 3.91. The lowest BCUT2D eigenvalue weighted by molar-refractivity contribution is -0.148. The average molecular weight is 562 g/mol. The van der Waals surface area contributed by atoms with E-state index >= 15 is 0 Å². The maximum Gasteiger partial charge on any atom is 0.253 e. The third kappa shape index (κ3) is 3.77. The van der Waals surface area contributed by atoms with Gasteiger partial charge < -0.3 is 24.5 Å². The Hall–Kier alpha value is -3.46. The van der Waals surface area contributed by atoms with E-state index in [0.717, 1.165) is 5.69 Å². The van der Waals surface area contributed by atoms with E-state index in [4.69, 9.17) is 16.3 Å². The number of hydrogen-bond donors (Lipinski definition) is 1. The molecule has 0 saturated carbocycles. The lowest BCUT2D eigenvalue weighted by Crippen LogP contribution is -2.58. The lowest BCUT2D eigenvalue weighted by atomic mass is 9.73. The molecule has 6 atom stereocenters. The molecule has 40 heavy (non-hydrogen) atoms. The average Bonchev–Trinajstić information content (AvgIpc) is 3.27. The molecule has 2 fully saturated rings. The molecule has 4 aliphatic rings. The highest BCUT2D eigenvalue weighted by Gasteiger charge is 2.75. The van der Waals surface area contributed by atoms with Crippen molar-refractivity contribution in [3.05, 3.63) is 83.9 Å². The monoisotopic (exact) mass is 561 g/mol. The van der Waals surface area contributed by atoms with Gasteiger partial charge in [-0.2, -0.15) is 0 Å². The topological polar surface area (TPSA) is 90.4 Å². The van der Waals surface area contributed by atoms with E-state index in [1.54, 1.807) is 41.0 Å². The molecule has 0 aromatic heterocycles. The van der Waals surface area contributed by atoms with Crippen molar-refractivity contribution in [2.45, 2.75) is 43.6 Å². The predicted molar refractivity (Wildman–Crippen MR) is 152 cm³/mol. The first kappa shape index (κ1) is 26.7. The zero-order valence-corrected chi connectivity index (χ0v) is 23.2. The van der Waals surface area contributed by atoms with E-state index in [1.807, 2.05) is 61.6 Å². The van der Waals surface area contributed by atoms with Crippen molar-refractivity contribution < 1.29 is 24.2 Å². The van der Waals surface area contributed by atoms with E-state index in [-0.39, 0.29) is 30.9 Å². The smallest absolute Gasteiger partial charge is 0.253 e. The Labute approximate surface area is 238 Å². The maximum absolute atomic E-state index is 14.4. The number of aliphatic hydroxyl groups is 1. The molecule has 2 aromatic rings. The van der Waals surface area contributed by atoms with Crippen LogP contribution in [0, 0.1) is 11.8 Å². The van der Waals surface area contributed by atoms with E-state index in [9.17, 15) is 19.5 Å². The standard InChI is InChI=1S/C31H32ClN3O5/c1-3-30-15-7-17-33(22-9-5-4-6-10-22)27(37)24(30)25-28(38)35(20(2)19-36)26-29(39)34(18-8-16-31(25,26)40-30)23-13-11-21(32)12-14-23/h4-16,20,24-26,36H,3,17-19H2,1-2H3/t20-,24+,25+,26?,30-,31+/m1/s1. The molecule has 0 radical (unpaired) electrons. The number of amides is 3. The van der Waals surface area contributed by atoms with Crippen LogP contribution in [0.25, 0.3) is 0 Å². The first-order chi connectivity index (χ1) is 19.3. The van der Waals surface area contributed by atoms with Crippen LogP contribution < -0.4 is 9.80 Å². The first-order valence-corrected chi connectivity index (χ1v) is 14.1. The van der Waals surface area contributed by atoms with Gasteiger partial charge in [-0.3, -0.25) is 14.4 Å². The van der Waals surface area contributed by atoms with Crippen molar-refractivity contribution in [2.24, 2.45) is 11.8 Å². The molecular formula is C31H32ClN3O5. The highest BCUT2D eigenvalue weighted by atomic mass is 35.5. The maximum atomic E-state index is 14.4. The number of ether oxygens (including phenoxy) is 1. The fourth-order valence-electron chi connectivity index (χ4n) is 6.95. The number of para-hydroxylation sites is 1. The summed E-state index contributed by atoms with van der Waals surface area (Å²) in [6.07, 6.45) is 7.94. The van der Waals surface area contributed by atoms with Gasteiger partial charge in [-0.05, 0) is 49.7 Å². The van der Waals surface area contributed by atoms with Crippen LogP contribution in [0.3, 0.4) is 0 Å². The summed E-state index contributed by atoms with van der Waals surface area (Å²) in [4.78, 5) is 48.0. The molecule has 3 amide bonds. The number of rotatable bonds is 5. The number of hydrogen-bond acceptors (Lipinski definition) is 5. The van der Waals surface area contributed by atoms with Crippen molar-refractivity contribution in [2.75, 3.05) is 29.5 Å². The van der Waals surface area contributed by atoms with E-state index in [0.29, 0.717) is 23.7 Å². The van der Waals surface area contributed by atoms with Gasteiger partial charge in [0.15, 0.2) is 0 Å². The molecular weight excluding hydrogens is 530 g/mol. The van der Waals surface area contributed by atoms with Crippen molar-refractivity contribution >= 4 is 40.7 Å². The van der Waals surface area contributed by atoms with Crippen molar-refractivity contribution in [1.82, 2.24) is 4.90 Å². The Kier molecular flexibility index (Phi) is 6.60. The van der Waals surface area contributed by atoms with Crippen LogP contribution >= 0.6 is 11.6 Å². The van der Waals surface area contributed by atoms with Crippen molar-refractivity contribution in [3.8, 4) is 0 Å². The molecule has 208 valence electrons. The Morgan fingerprint density at radius 3 is 2.17 bits per heavy atom. The minimum atomic E-state index is -1.39. The number of benzene rings is 2. The SMILES string of the molecule is CC[C@@]12C=CCN(c3ccccc3)C(=O)[C@@H]1[C@H]1C(=O)N([C@H](C)CO)C3C(=O)N(c4ccc(Cl)cc4)CC=C[C@@]31O2. The molecule has 1 spiro atoms. The molecule has 2 saturated heterocycles. The summed E-state index contributed by atoms with van der Waals surface area (Å²) >= 11 is 6.11. The molecule has 6 rings (SSSR count). The number of fused-ring (bicyclic) bond motifs is 2. The van der Waals surface area contributed by atoms with Crippen LogP contribution in [0.15, 0.2) is 78.9 Å². The zero-order chi connectivity index (χ0) is 28.2. The normalized spacial score (nSPS) is 32.0. The van der Waals surface area contributed by atoms with Crippen LogP contribution in [-0.4, -0.2) is 70.7 Å². The first-order valence-electron chi connectivity index (χ1n) is 13.7. The number of likely N-dealkylation sites (tertiary alicyclic amines) is 1. The van der Waals surface area contributed by atoms with Gasteiger partial charge in [0.2, 0.25) is 11.8 Å². The number of carbonyl (C=O) groups is 3. The molecule has 8 nitrogen and oxygen atoms in total. The molecule has 4 heterocycles. The highest BCUT2D eigenvalue weighted by molar-refractivity contribution is 6.30. The fourth-order valence-corrected chi connectivity index (χ4v) is 7.08. The second kappa shape index (κ2) is 9.87. The number of aliphatic hydroxyl groups excluding tert-OH is 1. The van der Waals surface area contributed by atoms with E-state index in [1.165, 1.54) is 4.90 Å². The fraction of sp³-hybridized carbons (Fsp3) is 0.387. The van der Waals surface area contributed by atoms with Gasteiger partial charge >= 0.3 is 0 Å². The van der Waals surface area contributed by atoms with E-state index < -0.39 is 35.1 Å². The molecule has 4 aliphatic heterocycles. The predicted octanol–water partition coefficient (Wildman–Crippen LogP) is 3.59. The third-order valence-electron chi connectivity index (χ3n) is 8.82. The second-order valence-electron chi connectivity index (χ2n) is 10.9. The number of carbonyl (C=O) groups excluding carboxylic acids is 3. The van der Waals surface area contributed by atoms with E-state index in [2.05, 4.69) is 0 Å². The van der Waals surface area contributed by atoms with Gasteiger partial charge in [0.25, 0.3) is 5.91 Å². The van der Waals surface area contributed by atoms with Crippen LogP contribution in [0.5, 0.6) is 0 Å². The van der Waals surface area contributed by atoms with Gasteiger partial charge in [-0.15, -0.1) is 0 Å². The van der Waals surface area contributed by atoms with Crippen molar-refractivity contribution in [3.63, 3.8) is 0 Å². The van der Waals surface area contributed by atoms with Crippen LogP contribution in [0.1, 0.15) is 20.3 Å². The largest absolute Gasteiger partial charge is 0.394 e. The molecule has 0 bridgehead atoms. The van der Waals surface area contributed by atoms with Crippen LogP contribution in [0.2, 0.25) is 5.02 Å². The minimum Gasteiger partial charge on any atom is -0.394 e. The summed E-state index contributed by atoms with van der Waals surface area (Å²) in [5.41, 5.74) is -1.10. The summed E-state index contributed by atoms with van der Waals surface area (Å²) in [5.74, 6) is -2.72. The van der Waals surface area contributed by atoms with Gasteiger partial charge in [-0.25, -0.2) is 0 Å². The molecule has 2 aromatic carbocycles. The second-order valence-corrected chi connectivity index (χ2v) is 11.3. The lowest BCUT2D eigenvalue weighted by Gasteiger charge is -2.40. The summed E-state index contributed by atoms with van der Waals surface area (Å²) in [7, 11) is 0. The van der Waals surface area contributed by atoms with Gasteiger partial charge in [0.05, 0.1) is 30.1 Å². The highest BCUT2D eigenvalue weighted by Crippen LogP contribution is 2.59. The molecule has 1 N–H and O–H groups in total. The Balaban J connectivity index is 1.51. The van der Waals surface area contributed by atoms with Crippen molar-refractivity contribution in [1.29, 1.82) is 0 Å².